The van der Waals surface area contributed by atoms with Gasteiger partial charge >= 0.3 is 0 Å². The van der Waals surface area contributed by atoms with Gasteiger partial charge in [-0.3, -0.25) is 9.69 Å². The third kappa shape index (κ3) is 5.75. The minimum absolute atomic E-state index is 0. The quantitative estimate of drug-likeness (QED) is 0.786. The predicted molar refractivity (Wildman–Crippen MR) is 100 cm³/mol. The summed E-state index contributed by atoms with van der Waals surface area (Å²) in [6, 6.07) is 2.90. The molecule has 1 saturated heterocycles. The highest BCUT2D eigenvalue weighted by molar-refractivity contribution is 7.07. The van der Waals surface area contributed by atoms with Crippen LogP contribution in [-0.2, 0) is 4.79 Å². The number of hydrogen-bond acceptors (Lipinski definition) is 4. The summed E-state index contributed by atoms with van der Waals surface area (Å²) < 4.78 is 0. The van der Waals surface area contributed by atoms with Crippen molar-refractivity contribution >= 4 is 29.7 Å². The maximum Gasteiger partial charge on any atom is 0.223 e. The average molecular weight is 360 g/mol. The Morgan fingerprint density at radius 1 is 1.48 bits per heavy atom. The summed E-state index contributed by atoms with van der Waals surface area (Å²) in [5, 5.41) is 10.9. The lowest BCUT2D eigenvalue weighted by Gasteiger charge is -2.31. The van der Waals surface area contributed by atoms with Crippen LogP contribution in [0.2, 0.25) is 0 Å². The summed E-state index contributed by atoms with van der Waals surface area (Å²) in [6.45, 7) is 10.2. The Hall–Kier alpha value is -0.620. The van der Waals surface area contributed by atoms with E-state index in [9.17, 15) is 4.79 Å². The van der Waals surface area contributed by atoms with Crippen LogP contribution in [0.3, 0.4) is 0 Å². The molecule has 4 nitrogen and oxygen atoms in total. The van der Waals surface area contributed by atoms with E-state index in [1.54, 1.807) is 11.3 Å². The minimum atomic E-state index is 0. The molecule has 23 heavy (non-hydrogen) atoms. The van der Waals surface area contributed by atoms with Gasteiger partial charge in [-0.1, -0.05) is 13.8 Å². The van der Waals surface area contributed by atoms with Gasteiger partial charge in [0.1, 0.15) is 0 Å². The number of likely N-dealkylation sites (N-methyl/N-ethyl adjacent to an activating group) is 1. The maximum atomic E-state index is 12.5. The highest BCUT2D eigenvalue weighted by Crippen LogP contribution is 2.23. The van der Waals surface area contributed by atoms with Crippen LogP contribution in [0.5, 0.6) is 0 Å². The molecule has 0 aromatic carbocycles. The number of carbonyl (C=O) groups excluding carboxylic acids is 1. The second kappa shape index (κ2) is 10.3. The Morgan fingerprint density at radius 3 is 2.78 bits per heavy atom. The standard InChI is InChI=1S/C17H29N3OS.ClH/c1-4-20(5-2)16(15-7-9-22-12-15)11-19-17(21)14-6-8-18-13(3)10-14;/h7,9,12-14,16,18H,4-6,8,10-11H2,1-3H3,(H,19,21);1H/t13-,14-,16?;/m0./s1. The Bertz CT molecular complexity index is 451. The number of halogens is 1. The molecule has 0 bridgehead atoms. The number of carbonyl (C=O) groups is 1. The van der Waals surface area contributed by atoms with Crippen LogP contribution in [0.1, 0.15) is 45.2 Å². The summed E-state index contributed by atoms with van der Waals surface area (Å²) >= 11 is 1.72. The molecular formula is C17H30ClN3OS. The molecule has 1 aromatic heterocycles. The fraction of sp³-hybridized carbons (Fsp3) is 0.706. The lowest BCUT2D eigenvalue weighted by Crippen LogP contribution is -2.44. The predicted octanol–water partition coefficient (Wildman–Crippen LogP) is 3.06. The van der Waals surface area contributed by atoms with Gasteiger partial charge in [0, 0.05) is 18.5 Å². The zero-order valence-corrected chi connectivity index (χ0v) is 16.0. The van der Waals surface area contributed by atoms with Crippen molar-refractivity contribution in [1.29, 1.82) is 0 Å². The van der Waals surface area contributed by atoms with Crippen LogP contribution < -0.4 is 10.6 Å². The Labute approximate surface area is 150 Å². The smallest absolute Gasteiger partial charge is 0.223 e. The fourth-order valence-corrected chi connectivity index (χ4v) is 4.01. The number of hydrogen-bond donors (Lipinski definition) is 2. The normalized spacial score (nSPS) is 22.4. The number of rotatable bonds is 7. The lowest BCUT2D eigenvalue weighted by atomic mass is 9.92. The monoisotopic (exact) mass is 359 g/mol. The first-order chi connectivity index (χ1) is 10.7. The topological polar surface area (TPSA) is 44.4 Å². The van der Waals surface area contributed by atoms with Gasteiger partial charge in [0.25, 0.3) is 0 Å². The Balaban J connectivity index is 0.00000264. The Kier molecular flexibility index (Phi) is 9.14. The maximum absolute atomic E-state index is 12.5. The summed E-state index contributed by atoms with van der Waals surface area (Å²) in [5.41, 5.74) is 1.31. The van der Waals surface area contributed by atoms with Crippen molar-refractivity contribution in [1.82, 2.24) is 15.5 Å². The molecule has 1 aliphatic heterocycles. The van der Waals surface area contributed by atoms with Crippen molar-refractivity contribution in [2.24, 2.45) is 5.92 Å². The lowest BCUT2D eigenvalue weighted by molar-refractivity contribution is -0.126. The van der Waals surface area contributed by atoms with E-state index in [-0.39, 0.29) is 30.3 Å². The first kappa shape index (κ1) is 20.4. The van der Waals surface area contributed by atoms with Crippen molar-refractivity contribution in [3.63, 3.8) is 0 Å². The molecule has 2 rings (SSSR count). The number of nitrogens with one attached hydrogen (secondary N) is 2. The second-order valence-electron chi connectivity index (χ2n) is 6.12. The van der Waals surface area contributed by atoms with Crippen LogP contribution in [0.25, 0.3) is 0 Å². The molecule has 2 heterocycles. The molecule has 1 amide bonds. The van der Waals surface area contributed by atoms with Crippen molar-refractivity contribution < 1.29 is 4.79 Å². The largest absolute Gasteiger partial charge is 0.354 e. The molecule has 3 atom stereocenters. The van der Waals surface area contributed by atoms with Crippen molar-refractivity contribution in [2.45, 2.75) is 45.7 Å². The number of nitrogens with zero attached hydrogens (tertiary/aromatic N) is 1. The molecule has 1 unspecified atom stereocenters. The van der Waals surface area contributed by atoms with E-state index >= 15 is 0 Å². The molecule has 6 heteroatoms. The number of amides is 1. The van der Waals surface area contributed by atoms with Gasteiger partial charge in [0.2, 0.25) is 5.91 Å². The molecule has 0 radical (unpaired) electrons. The summed E-state index contributed by atoms with van der Waals surface area (Å²) in [6.07, 6.45) is 1.89. The third-order valence-electron chi connectivity index (χ3n) is 4.65. The summed E-state index contributed by atoms with van der Waals surface area (Å²) in [7, 11) is 0. The molecule has 132 valence electrons. The molecule has 1 aliphatic rings. The van der Waals surface area contributed by atoms with E-state index in [1.807, 2.05) is 0 Å². The van der Waals surface area contributed by atoms with Crippen LogP contribution in [-0.4, -0.2) is 43.0 Å². The SMILES string of the molecule is CCN(CC)C(CNC(=O)[C@H]1CCN[C@@H](C)C1)c1ccsc1.Cl. The van der Waals surface area contributed by atoms with Crippen LogP contribution in [0, 0.1) is 5.92 Å². The third-order valence-corrected chi connectivity index (χ3v) is 5.35. The molecule has 1 aromatic rings. The van der Waals surface area contributed by atoms with Crippen LogP contribution in [0.4, 0.5) is 0 Å². The molecular weight excluding hydrogens is 330 g/mol. The van der Waals surface area contributed by atoms with E-state index in [1.165, 1.54) is 5.56 Å². The summed E-state index contributed by atoms with van der Waals surface area (Å²) in [5.74, 6) is 0.386. The highest BCUT2D eigenvalue weighted by Gasteiger charge is 2.26. The molecule has 0 spiro atoms. The van der Waals surface area contributed by atoms with Gasteiger partial charge in [-0.15, -0.1) is 12.4 Å². The molecule has 1 fully saturated rings. The molecule has 0 aliphatic carbocycles. The highest BCUT2D eigenvalue weighted by atomic mass is 35.5. The average Bonchev–Trinajstić information content (AvgIpc) is 3.05. The molecule has 2 N–H and O–H groups in total. The van der Waals surface area contributed by atoms with Gasteiger partial charge < -0.3 is 10.6 Å². The van der Waals surface area contributed by atoms with Gasteiger partial charge in [-0.05, 0) is 61.8 Å². The van der Waals surface area contributed by atoms with E-state index in [0.717, 1.165) is 32.5 Å². The van der Waals surface area contributed by atoms with E-state index in [0.29, 0.717) is 12.6 Å². The van der Waals surface area contributed by atoms with E-state index < -0.39 is 0 Å². The van der Waals surface area contributed by atoms with E-state index in [4.69, 9.17) is 0 Å². The van der Waals surface area contributed by atoms with Gasteiger partial charge in [0.15, 0.2) is 0 Å². The van der Waals surface area contributed by atoms with Gasteiger partial charge in [-0.2, -0.15) is 11.3 Å². The van der Waals surface area contributed by atoms with Crippen molar-refractivity contribution in [3.05, 3.63) is 22.4 Å². The fourth-order valence-electron chi connectivity index (χ4n) is 3.30. The zero-order chi connectivity index (χ0) is 15.9. The number of piperidine rings is 1. The van der Waals surface area contributed by atoms with Gasteiger partial charge in [-0.25, -0.2) is 0 Å². The van der Waals surface area contributed by atoms with Gasteiger partial charge in [0.05, 0.1) is 6.04 Å². The second-order valence-corrected chi connectivity index (χ2v) is 6.90. The van der Waals surface area contributed by atoms with Crippen molar-refractivity contribution in [3.8, 4) is 0 Å². The van der Waals surface area contributed by atoms with Crippen LogP contribution in [0.15, 0.2) is 16.8 Å². The zero-order valence-electron chi connectivity index (χ0n) is 14.4. The Morgan fingerprint density at radius 2 is 2.22 bits per heavy atom. The van der Waals surface area contributed by atoms with E-state index in [2.05, 4.69) is 53.1 Å². The minimum Gasteiger partial charge on any atom is -0.354 e. The van der Waals surface area contributed by atoms with Crippen LogP contribution >= 0.6 is 23.7 Å². The number of thiophene rings is 1. The first-order valence-corrected chi connectivity index (χ1v) is 9.37. The first-order valence-electron chi connectivity index (χ1n) is 8.42. The molecule has 0 saturated carbocycles. The summed E-state index contributed by atoms with van der Waals surface area (Å²) in [4.78, 5) is 14.9. The van der Waals surface area contributed by atoms with Crippen molar-refractivity contribution in [2.75, 3.05) is 26.2 Å².